The summed E-state index contributed by atoms with van der Waals surface area (Å²) in [7, 11) is 0. The molecule has 2 aliphatic heterocycles. The predicted octanol–water partition coefficient (Wildman–Crippen LogP) is 3.22. The van der Waals surface area contributed by atoms with Crippen LogP contribution in [0.5, 0.6) is 5.75 Å². The van der Waals surface area contributed by atoms with Crippen LogP contribution in [-0.4, -0.2) is 41.5 Å². The molecule has 0 saturated carbocycles. The van der Waals surface area contributed by atoms with Crippen molar-refractivity contribution >= 4 is 11.8 Å². The third-order valence-corrected chi connectivity index (χ3v) is 5.92. The fourth-order valence-corrected chi connectivity index (χ4v) is 4.10. The van der Waals surface area contributed by atoms with E-state index in [4.69, 9.17) is 9.47 Å². The highest BCUT2D eigenvalue weighted by Gasteiger charge is 2.53. The molecule has 3 atom stereocenters. The topological polar surface area (TPSA) is 67.9 Å². The number of nitrogens with one attached hydrogen (secondary N) is 1. The molecule has 30 heavy (non-hydrogen) atoms. The van der Waals surface area contributed by atoms with E-state index in [1.165, 1.54) is 0 Å². The molecule has 2 heterocycles. The Balaban J connectivity index is 1.59. The van der Waals surface area contributed by atoms with Crippen LogP contribution in [0.2, 0.25) is 0 Å². The van der Waals surface area contributed by atoms with E-state index in [1.54, 1.807) is 11.8 Å². The van der Waals surface area contributed by atoms with Crippen LogP contribution < -0.4 is 10.1 Å². The van der Waals surface area contributed by atoms with Crippen molar-refractivity contribution in [2.45, 2.75) is 51.0 Å². The molecule has 2 amide bonds. The number of hydrogen-bond acceptors (Lipinski definition) is 4. The predicted molar refractivity (Wildman–Crippen MR) is 113 cm³/mol. The maximum Gasteiger partial charge on any atom is 0.267 e. The number of rotatable bonds is 6. The summed E-state index contributed by atoms with van der Waals surface area (Å²) >= 11 is 0. The highest BCUT2D eigenvalue weighted by atomic mass is 16.6. The molecule has 1 saturated heterocycles. The molecule has 2 aromatic rings. The van der Waals surface area contributed by atoms with Crippen molar-refractivity contribution in [1.82, 2.24) is 10.2 Å². The van der Waals surface area contributed by atoms with Gasteiger partial charge in [-0.2, -0.15) is 0 Å². The number of para-hydroxylation sites is 1. The van der Waals surface area contributed by atoms with Gasteiger partial charge in [-0.1, -0.05) is 61.9 Å². The average molecular weight is 408 g/mol. The Hall–Kier alpha value is -2.86. The zero-order valence-electron chi connectivity index (χ0n) is 17.5. The maximum atomic E-state index is 13.5. The van der Waals surface area contributed by atoms with Crippen LogP contribution in [-0.2, 0) is 20.9 Å². The first kappa shape index (κ1) is 20.4. The van der Waals surface area contributed by atoms with Crippen molar-refractivity contribution in [3.63, 3.8) is 0 Å². The highest BCUT2D eigenvalue weighted by Crippen LogP contribution is 2.42. The van der Waals surface area contributed by atoms with E-state index < -0.39 is 17.7 Å². The monoisotopic (exact) mass is 408 g/mol. The summed E-state index contributed by atoms with van der Waals surface area (Å²) in [6.07, 6.45) is 0.462. The summed E-state index contributed by atoms with van der Waals surface area (Å²) in [6, 6.07) is 17.3. The number of carbonyl (C=O) groups is 2. The molecule has 0 spiro atoms. The first-order chi connectivity index (χ1) is 14.5. The number of hydrogen-bond donors (Lipinski definition) is 1. The van der Waals surface area contributed by atoms with Crippen LogP contribution in [0.1, 0.15) is 43.9 Å². The van der Waals surface area contributed by atoms with Crippen LogP contribution >= 0.6 is 0 Å². The standard InChI is InChI=1S/C24H28N2O4/c1-3-4-14-26-22(27)21-20(18-12-8-9-13-19(18)30-21)29-16-24(26,2)23(28)25-15-17-10-6-5-7-11-17/h5-13,20-21H,3-4,14-16H2,1-2H3,(H,25,28). The maximum absolute atomic E-state index is 13.5. The second-order valence-corrected chi connectivity index (χ2v) is 8.09. The normalized spacial score (nSPS) is 25.1. The van der Waals surface area contributed by atoms with Gasteiger partial charge < -0.3 is 19.7 Å². The number of unbranched alkanes of at least 4 members (excludes halogenated alkanes) is 1. The Morgan fingerprint density at radius 3 is 2.63 bits per heavy atom. The lowest BCUT2D eigenvalue weighted by Crippen LogP contribution is -2.62. The molecule has 1 N–H and O–H groups in total. The number of benzene rings is 2. The van der Waals surface area contributed by atoms with Crippen LogP contribution in [0.15, 0.2) is 54.6 Å². The van der Waals surface area contributed by atoms with Crippen molar-refractivity contribution < 1.29 is 19.1 Å². The average Bonchev–Trinajstić information content (AvgIpc) is 3.10. The minimum absolute atomic E-state index is 0.113. The molecule has 2 aliphatic rings. The molecular weight excluding hydrogens is 380 g/mol. The Morgan fingerprint density at radius 1 is 1.13 bits per heavy atom. The zero-order valence-corrected chi connectivity index (χ0v) is 17.5. The second kappa shape index (κ2) is 8.48. The minimum Gasteiger partial charge on any atom is -0.477 e. The van der Waals surface area contributed by atoms with Gasteiger partial charge in [-0.05, 0) is 25.0 Å². The Morgan fingerprint density at radius 2 is 1.87 bits per heavy atom. The van der Waals surface area contributed by atoms with E-state index in [0.29, 0.717) is 18.8 Å². The van der Waals surface area contributed by atoms with Gasteiger partial charge in [0.1, 0.15) is 17.4 Å². The van der Waals surface area contributed by atoms with Crippen molar-refractivity contribution in [3.05, 3.63) is 65.7 Å². The molecule has 2 aromatic carbocycles. The van der Waals surface area contributed by atoms with E-state index in [-0.39, 0.29) is 18.4 Å². The summed E-state index contributed by atoms with van der Waals surface area (Å²) in [4.78, 5) is 28.5. The molecule has 6 nitrogen and oxygen atoms in total. The molecule has 0 radical (unpaired) electrons. The van der Waals surface area contributed by atoms with Gasteiger partial charge in [0.2, 0.25) is 12.0 Å². The molecule has 3 unspecified atom stereocenters. The van der Waals surface area contributed by atoms with Crippen molar-refractivity contribution in [2.24, 2.45) is 0 Å². The minimum atomic E-state index is -1.11. The third-order valence-electron chi connectivity index (χ3n) is 5.92. The van der Waals surface area contributed by atoms with E-state index in [9.17, 15) is 9.59 Å². The van der Waals surface area contributed by atoms with Crippen LogP contribution in [0, 0.1) is 0 Å². The molecule has 0 aromatic heterocycles. The van der Waals surface area contributed by atoms with Gasteiger partial charge in [0.15, 0.2) is 0 Å². The first-order valence-corrected chi connectivity index (χ1v) is 10.6. The number of carbonyl (C=O) groups excluding carboxylic acids is 2. The van der Waals surface area contributed by atoms with Crippen LogP contribution in [0.4, 0.5) is 0 Å². The fraction of sp³-hybridized carbons (Fsp3) is 0.417. The smallest absolute Gasteiger partial charge is 0.267 e. The first-order valence-electron chi connectivity index (χ1n) is 10.6. The molecule has 4 rings (SSSR count). The molecule has 0 bridgehead atoms. The van der Waals surface area contributed by atoms with E-state index in [0.717, 1.165) is 24.0 Å². The van der Waals surface area contributed by atoms with Gasteiger partial charge in [-0.25, -0.2) is 0 Å². The van der Waals surface area contributed by atoms with Crippen LogP contribution in [0.3, 0.4) is 0 Å². The van der Waals surface area contributed by atoms with Gasteiger partial charge in [0.05, 0.1) is 6.61 Å². The Labute approximate surface area is 177 Å². The second-order valence-electron chi connectivity index (χ2n) is 8.09. The van der Waals surface area contributed by atoms with Gasteiger partial charge in [-0.15, -0.1) is 0 Å². The molecular formula is C24H28N2O4. The largest absolute Gasteiger partial charge is 0.477 e. The van der Waals surface area contributed by atoms with E-state index >= 15 is 0 Å². The Bertz CT molecular complexity index is 916. The van der Waals surface area contributed by atoms with Crippen molar-refractivity contribution in [1.29, 1.82) is 0 Å². The lowest BCUT2D eigenvalue weighted by Gasteiger charge is -2.38. The zero-order chi connectivity index (χ0) is 21.1. The third kappa shape index (κ3) is 3.67. The lowest BCUT2D eigenvalue weighted by atomic mass is 9.98. The SMILES string of the molecule is CCCCN1C(=O)C2Oc3ccccc3C2OCC1(C)C(=O)NCc1ccccc1. The molecule has 1 fully saturated rings. The van der Waals surface area contributed by atoms with Gasteiger partial charge in [0, 0.05) is 18.7 Å². The lowest BCUT2D eigenvalue weighted by molar-refractivity contribution is -0.150. The van der Waals surface area contributed by atoms with Gasteiger partial charge in [-0.3, -0.25) is 9.59 Å². The summed E-state index contributed by atoms with van der Waals surface area (Å²) in [5.74, 6) is 0.261. The van der Waals surface area contributed by atoms with Crippen molar-refractivity contribution in [2.75, 3.05) is 13.2 Å². The summed E-state index contributed by atoms with van der Waals surface area (Å²) < 4.78 is 12.1. The molecule has 158 valence electrons. The summed E-state index contributed by atoms with van der Waals surface area (Å²) in [5.41, 5.74) is 0.758. The number of nitrogens with zero attached hydrogens (tertiary/aromatic N) is 1. The highest BCUT2D eigenvalue weighted by molar-refractivity contribution is 5.94. The fourth-order valence-electron chi connectivity index (χ4n) is 4.10. The number of amides is 2. The van der Waals surface area contributed by atoms with Gasteiger partial charge >= 0.3 is 0 Å². The quantitative estimate of drug-likeness (QED) is 0.797. The molecule has 0 aliphatic carbocycles. The number of fused-ring (bicyclic) bond motifs is 3. The number of ether oxygens (including phenoxy) is 2. The van der Waals surface area contributed by atoms with E-state index in [1.807, 2.05) is 54.6 Å². The summed E-state index contributed by atoms with van der Waals surface area (Å²) in [5, 5.41) is 3.00. The molecule has 6 heteroatoms. The Kier molecular flexibility index (Phi) is 5.77. The van der Waals surface area contributed by atoms with E-state index in [2.05, 4.69) is 12.2 Å². The van der Waals surface area contributed by atoms with Crippen molar-refractivity contribution in [3.8, 4) is 5.75 Å². The van der Waals surface area contributed by atoms with Gasteiger partial charge in [0.25, 0.3) is 5.91 Å². The summed E-state index contributed by atoms with van der Waals surface area (Å²) in [6.45, 7) is 4.85. The van der Waals surface area contributed by atoms with Crippen LogP contribution in [0.25, 0.3) is 0 Å².